The molecule has 6 heteroatoms. The molecule has 0 aromatic heterocycles. The number of cyclic esters (lactones) is 1. The first kappa shape index (κ1) is 22.6. The van der Waals surface area contributed by atoms with Crippen molar-refractivity contribution in [3.05, 3.63) is 23.3 Å². The maximum Gasteiger partial charge on any atom is 0.331 e. The van der Waals surface area contributed by atoms with E-state index in [2.05, 4.69) is 19.9 Å². The Morgan fingerprint density at radius 2 is 1.93 bits per heavy atom. The fourth-order valence-electron chi connectivity index (χ4n) is 5.86. The van der Waals surface area contributed by atoms with Crippen molar-refractivity contribution in [2.24, 2.45) is 22.7 Å². The van der Waals surface area contributed by atoms with E-state index in [1.165, 1.54) is 13.8 Å². The van der Waals surface area contributed by atoms with Crippen LogP contribution in [-0.2, 0) is 28.6 Å². The molecule has 166 valence electrons. The maximum absolute atomic E-state index is 11.7. The standard InChI is InChI=1S/C24H34O6/c1-16-8-11-24(15-30-18(3)26)20(14-28-17(2)25)6-5-7-21(24)23(16,4)10-9-19-12-22(27)29-13-19/h6,12,16,21H,5,7-11,13-15H2,1-4H3/t16-,21-,23+,24+/m0/s1. The number of carbonyl (C=O) groups excluding carboxylic acids is 3. The van der Waals surface area contributed by atoms with E-state index in [-0.39, 0.29) is 35.3 Å². The Hall–Kier alpha value is -2.11. The highest BCUT2D eigenvalue weighted by atomic mass is 16.5. The number of allylic oxidation sites excluding steroid dienone is 1. The average Bonchev–Trinajstić information content (AvgIpc) is 3.12. The van der Waals surface area contributed by atoms with Crippen molar-refractivity contribution in [3.63, 3.8) is 0 Å². The summed E-state index contributed by atoms with van der Waals surface area (Å²) in [5, 5.41) is 0. The Balaban J connectivity index is 1.90. The molecule has 0 aromatic carbocycles. The third kappa shape index (κ3) is 4.47. The molecule has 0 radical (unpaired) electrons. The highest BCUT2D eigenvalue weighted by molar-refractivity contribution is 5.85. The third-order valence-electron chi connectivity index (χ3n) is 7.77. The molecule has 2 aliphatic carbocycles. The van der Waals surface area contributed by atoms with Gasteiger partial charge in [-0.25, -0.2) is 4.79 Å². The van der Waals surface area contributed by atoms with E-state index in [9.17, 15) is 14.4 Å². The van der Waals surface area contributed by atoms with Crippen molar-refractivity contribution >= 4 is 17.9 Å². The van der Waals surface area contributed by atoms with Crippen LogP contribution in [0.15, 0.2) is 23.3 Å². The Kier molecular flexibility index (Phi) is 6.73. The summed E-state index contributed by atoms with van der Waals surface area (Å²) >= 11 is 0. The number of hydrogen-bond acceptors (Lipinski definition) is 6. The first-order chi connectivity index (χ1) is 14.2. The van der Waals surface area contributed by atoms with Gasteiger partial charge in [0.25, 0.3) is 0 Å². The van der Waals surface area contributed by atoms with Crippen LogP contribution in [-0.4, -0.2) is 37.7 Å². The highest BCUT2D eigenvalue weighted by Crippen LogP contribution is 2.62. The number of fused-ring (bicyclic) bond motifs is 1. The lowest BCUT2D eigenvalue weighted by atomic mass is 9.46. The van der Waals surface area contributed by atoms with Crippen LogP contribution in [0.3, 0.4) is 0 Å². The summed E-state index contributed by atoms with van der Waals surface area (Å²) in [6.07, 6.45) is 9.45. The van der Waals surface area contributed by atoms with Gasteiger partial charge in [0.05, 0.1) is 0 Å². The molecule has 1 heterocycles. The summed E-state index contributed by atoms with van der Waals surface area (Å²) in [6.45, 7) is 8.49. The van der Waals surface area contributed by atoms with Crippen molar-refractivity contribution in [1.29, 1.82) is 0 Å². The van der Waals surface area contributed by atoms with Gasteiger partial charge >= 0.3 is 17.9 Å². The zero-order valence-electron chi connectivity index (χ0n) is 18.6. The van der Waals surface area contributed by atoms with Crippen LogP contribution < -0.4 is 0 Å². The first-order valence-corrected chi connectivity index (χ1v) is 11.0. The number of hydrogen-bond donors (Lipinski definition) is 0. The highest BCUT2D eigenvalue weighted by Gasteiger charge is 2.56. The van der Waals surface area contributed by atoms with Crippen molar-refractivity contribution in [1.82, 2.24) is 0 Å². The molecular formula is C24H34O6. The summed E-state index contributed by atoms with van der Waals surface area (Å²) in [5.74, 6) is -0.0275. The molecule has 0 saturated heterocycles. The molecule has 0 bridgehead atoms. The van der Waals surface area contributed by atoms with E-state index in [4.69, 9.17) is 14.2 Å². The molecule has 3 aliphatic rings. The van der Waals surface area contributed by atoms with Crippen LogP contribution in [0.5, 0.6) is 0 Å². The van der Waals surface area contributed by atoms with Gasteiger partial charge in [0.1, 0.15) is 19.8 Å². The molecule has 4 atom stereocenters. The van der Waals surface area contributed by atoms with E-state index in [1.54, 1.807) is 6.08 Å². The Morgan fingerprint density at radius 3 is 2.57 bits per heavy atom. The summed E-state index contributed by atoms with van der Waals surface area (Å²) in [5.41, 5.74) is 1.85. The van der Waals surface area contributed by atoms with Crippen LogP contribution in [0, 0.1) is 22.7 Å². The molecule has 1 fully saturated rings. The lowest BCUT2D eigenvalue weighted by molar-refractivity contribution is -0.153. The molecule has 0 N–H and O–H groups in total. The predicted molar refractivity (Wildman–Crippen MR) is 111 cm³/mol. The van der Waals surface area contributed by atoms with Gasteiger partial charge in [-0.3, -0.25) is 9.59 Å². The normalized spacial score (nSPS) is 33.1. The third-order valence-corrected chi connectivity index (χ3v) is 7.77. The minimum Gasteiger partial charge on any atom is -0.465 e. The quantitative estimate of drug-likeness (QED) is 0.351. The van der Waals surface area contributed by atoms with Gasteiger partial charge in [-0.15, -0.1) is 0 Å². The van der Waals surface area contributed by atoms with Gasteiger partial charge in [-0.2, -0.15) is 0 Å². The van der Waals surface area contributed by atoms with E-state index in [1.807, 2.05) is 0 Å². The van der Waals surface area contributed by atoms with Gasteiger partial charge in [-0.1, -0.05) is 19.9 Å². The summed E-state index contributed by atoms with van der Waals surface area (Å²) < 4.78 is 16.1. The summed E-state index contributed by atoms with van der Waals surface area (Å²) in [6, 6.07) is 0. The smallest absolute Gasteiger partial charge is 0.331 e. The van der Waals surface area contributed by atoms with Crippen LogP contribution in [0.25, 0.3) is 0 Å². The van der Waals surface area contributed by atoms with Crippen molar-refractivity contribution in [2.75, 3.05) is 19.8 Å². The van der Waals surface area contributed by atoms with Gasteiger partial charge in [0, 0.05) is 25.3 Å². The van der Waals surface area contributed by atoms with Crippen LogP contribution >= 0.6 is 0 Å². The van der Waals surface area contributed by atoms with E-state index in [0.717, 1.165) is 49.7 Å². The van der Waals surface area contributed by atoms with Crippen LogP contribution in [0.2, 0.25) is 0 Å². The second-order valence-corrected chi connectivity index (χ2v) is 9.43. The minimum atomic E-state index is -0.309. The molecule has 0 aromatic rings. The largest absolute Gasteiger partial charge is 0.465 e. The van der Waals surface area contributed by atoms with Gasteiger partial charge in [0.2, 0.25) is 0 Å². The van der Waals surface area contributed by atoms with Crippen molar-refractivity contribution < 1.29 is 28.6 Å². The number of esters is 3. The van der Waals surface area contributed by atoms with Gasteiger partial charge in [-0.05, 0) is 66.9 Å². The second kappa shape index (κ2) is 8.94. The first-order valence-electron chi connectivity index (χ1n) is 11.0. The molecule has 3 rings (SSSR count). The van der Waals surface area contributed by atoms with E-state index < -0.39 is 0 Å². The predicted octanol–water partition coefficient (Wildman–Crippen LogP) is 4.14. The lowest BCUT2D eigenvalue weighted by Crippen LogP contribution is -2.54. The molecular weight excluding hydrogens is 384 g/mol. The number of ether oxygens (including phenoxy) is 3. The molecule has 0 spiro atoms. The Bertz CT molecular complexity index is 766. The molecule has 30 heavy (non-hydrogen) atoms. The van der Waals surface area contributed by atoms with Crippen LogP contribution in [0.4, 0.5) is 0 Å². The Morgan fingerprint density at radius 1 is 1.20 bits per heavy atom. The monoisotopic (exact) mass is 418 g/mol. The molecule has 0 amide bonds. The van der Waals surface area contributed by atoms with E-state index in [0.29, 0.717) is 25.0 Å². The molecule has 1 saturated carbocycles. The van der Waals surface area contributed by atoms with Crippen LogP contribution in [0.1, 0.15) is 66.2 Å². The zero-order valence-corrected chi connectivity index (χ0v) is 18.6. The van der Waals surface area contributed by atoms with E-state index >= 15 is 0 Å². The zero-order chi connectivity index (χ0) is 21.9. The molecule has 0 unspecified atom stereocenters. The SMILES string of the molecule is CC(=O)OCC1=CCC[C@@H]2[C@@]1(COC(C)=O)CC[C@H](C)[C@@]2(C)CCC1=CC(=O)OC1. The maximum atomic E-state index is 11.7. The number of rotatable bonds is 7. The minimum absolute atomic E-state index is 0.0145. The summed E-state index contributed by atoms with van der Waals surface area (Å²) in [7, 11) is 0. The second-order valence-electron chi connectivity index (χ2n) is 9.43. The topological polar surface area (TPSA) is 78.9 Å². The van der Waals surface area contributed by atoms with Gasteiger partial charge in [0.15, 0.2) is 0 Å². The number of carbonyl (C=O) groups is 3. The fraction of sp³-hybridized carbons (Fsp3) is 0.708. The average molecular weight is 419 g/mol. The fourth-order valence-corrected chi connectivity index (χ4v) is 5.86. The molecule has 1 aliphatic heterocycles. The Labute approximate surface area is 179 Å². The molecule has 6 nitrogen and oxygen atoms in total. The van der Waals surface area contributed by atoms with Crippen molar-refractivity contribution in [2.45, 2.75) is 66.2 Å². The van der Waals surface area contributed by atoms with Crippen molar-refractivity contribution in [3.8, 4) is 0 Å². The lowest BCUT2D eigenvalue weighted by Gasteiger charge is -2.59. The van der Waals surface area contributed by atoms with Gasteiger partial charge < -0.3 is 14.2 Å². The summed E-state index contributed by atoms with van der Waals surface area (Å²) in [4.78, 5) is 34.6.